The van der Waals surface area contributed by atoms with E-state index < -0.39 is 21.7 Å². The molecule has 7 rings (SSSR count). The lowest BCUT2D eigenvalue weighted by Gasteiger charge is -2.69. The second-order valence-corrected chi connectivity index (χ2v) is 17.5. The van der Waals surface area contributed by atoms with Crippen molar-refractivity contribution in [3.05, 3.63) is 65.3 Å². The predicted octanol–water partition coefficient (Wildman–Crippen LogP) is 7.81. The topological polar surface area (TPSA) is 110 Å². The average Bonchev–Trinajstić information content (AvgIpc) is 3.73. The normalized spacial score (nSPS) is 39.7. The zero-order valence-corrected chi connectivity index (χ0v) is 28.9. The molecule has 7 nitrogen and oxygen atoms in total. The maximum atomic E-state index is 15.0. The Kier molecular flexibility index (Phi) is 6.75. The first-order chi connectivity index (χ1) is 22.0. The molecule has 0 radical (unpaired) electrons. The number of nitriles is 1. The minimum absolute atomic E-state index is 0.0215. The maximum absolute atomic E-state index is 15.0. The Bertz CT molecular complexity index is 1810. The lowest BCUT2D eigenvalue weighted by atomic mass is 9.34. The molecule has 0 bridgehead atoms. The Morgan fingerprint density at radius 1 is 1.00 bits per heavy atom. The minimum atomic E-state index is -0.791. The zero-order chi connectivity index (χ0) is 33.9. The van der Waals surface area contributed by atoms with Crippen molar-refractivity contribution in [2.75, 3.05) is 0 Å². The van der Waals surface area contributed by atoms with Crippen LogP contribution in [-0.2, 0) is 9.59 Å². The highest BCUT2D eigenvalue weighted by Crippen LogP contribution is 2.74. The Morgan fingerprint density at radius 3 is 2.40 bits per heavy atom. The molecule has 7 unspecified atom stereocenters. The summed E-state index contributed by atoms with van der Waals surface area (Å²) in [6.45, 7) is 15.1. The molecule has 7 heteroatoms. The first-order valence-corrected chi connectivity index (χ1v) is 17.4. The van der Waals surface area contributed by atoms with E-state index >= 15 is 0 Å². The molecule has 1 aromatic heterocycles. The van der Waals surface area contributed by atoms with Crippen molar-refractivity contribution in [1.82, 2.24) is 9.55 Å². The van der Waals surface area contributed by atoms with Crippen LogP contribution in [0.25, 0.3) is 0 Å². The number of fused-ring (bicyclic) bond motifs is 7. The lowest BCUT2D eigenvalue weighted by Crippen LogP contribution is -2.66. The molecule has 0 saturated heterocycles. The van der Waals surface area contributed by atoms with E-state index in [4.69, 9.17) is 0 Å². The number of rotatable bonds is 3. The summed E-state index contributed by atoms with van der Waals surface area (Å²) in [5.74, 6) is -0.853. The van der Waals surface area contributed by atoms with E-state index in [9.17, 15) is 24.4 Å². The van der Waals surface area contributed by atoms with Crippen molar-refractivity contribution in [3.8, 4) is 6.07 Å². The molecular weight excluding hydrogens is 586 g/mol. The molecule has 246 valence electrons. The van der Waals surface area contributed by atoms with Crippen LogP contribution in [0.3, 0.4) is 0 Å². The van der Waals surface area contributed by atoms with E-state index in [1.165, 1.54) is 10.8 Å². The van der Waals surface area contributed by atoms with Crippen LogP contribution >= 0.6 is 0 Å². The quantitative estimate of drug-likeness (QED) is 0.314. The van der Waals surface area contributed by atoms with Crippen molar-refractivity contribution < 1.29 is 19.2 Å². The third-order valence-electron chi connectivity index (χ3n) is 14.4. The number of aromatic nitrogens is 2. The highest BCUT2D eigenvalue weighted by atomic mass is 16.2. The van der Waals surface area contributed by atoms with Crippen LogP contribution in [-0.4, -0.2) is 32.8 Å². The Morgan fingerprint density at radius 2 is 1.72 bits per heavy atom. The third-order valence-corrected chi connectivity index (χ3v) is 14.4. The monoisotopic (exact) mass is 633 g/mol. The smallest absolute Gasteiger partial charge is 0.238 e. The summed E-state index contributed by atoms with van der Waals surface area (Å²) in [6, 6.07) is 2.18. The van der Waals surface area contributed by atoms with Gasteiger partial charge in [-0.15, -0.1) is 0 Å². The number of carbonyl (C=O) groups is 4. The maximum Gasteiger partial charge on any atom is 0.238 e. The Balaban J connectivity index is 1.35. The highest BCUT2D eigenvalue weighted by Gasteiger charge is 2.71. The Labute approximate surface area is 278 Å². The molecule has 7 atom stereocenters. The summed E-state index contributed by atoms with van der Waals surface area (Å²) in [7, 11) is 0. The minimum Gasteiger partial charge on any atom is -0.295 e. The number of imidazole rings is 1. The molecule has 1 heterocycles. The number of ketones is 3. The number of allylic oxidation sites excluding steroid dienone is 8. The van der Waals surface area contributed by atoms with Gasteiger partial charge in [-0.05, 0) is 85.5 Å². The summed E-state index contributed by atoms with van der Waals surface area (Å²) in [5, 5.41) is 10.0. The van der Waals surface area contributed by atoms with Gasteiger partial charge in [-0.2, -0.15) is 5.26 Å². The average molecular weight is 634 g/mol. The molecule has 6 aliphatic rings. The fourth-order valence-electron chi connectivity index (χ4n) is 11.6. The van der Waals surface area contributed by atoms with Crippen molar-refractivity contribution >= 4 is 23.3 Å². The lowest BCUT2D eigenvalue weighted by molar-refractivity contribution is -0.164. The summed E-state index contributed by atoms with van der Waals surface area (Å²) in [5.41, 5.74) is -1.16. The summed E-state index contributed by atoms with van der Waals surface area (Å²) in [6.07, 6.45) is 18.4. The van der Waals surface area contributed by atoms with Crippen molar-refractivity contribution in [2.24, 2.45) is 50.2 Å². The van der Waals surface area contributed by atoms with Crippen LogP contribution in [0.15, 0.2) is 59.5 Å². The van der Waals surface area contributed by atoms with Gasteiger partial charge < -0.3 is 0 Å². The third kappa shape index (κ3) is 4.06. The number of nitrogens with zero attached hydrogens (tertiary/aromatic N) is 3. The van der Waals surface area contributed by atoms with Crippen LogP contribution in [0.1, 0.15) is 115 Å². The predicted molar refractivity (Wildman–Crippen MR) is 178 cm³/mol. The van der Waals surface area contributed by atoms with Gasteiger partial charge in [0.1, 0.15) is 6.07 Å². The van der Waals surface area contributed by atoms with E-state index in [-0.39, 0.29) is 63.2 Å². The number of carbonyl (C=O) groups excluding carboxylic acids is 4. The fraction of sp³-hybridized carbons (Fsp3) is 0.600. The van der Waals surface area contributed by atoms with Crippen LogP contribution in [0.5, 0.6) is 0 Å². The number of Topliss-reactive ketones (excluding diaryl/α,β-unsaturated/α-hetero) is 2. The van der Waals surface area contributed by atoms with Gasteiger partial charge in [0.05, 0.1) is 11.0 Å². The molecule has 0 spiro atoms. The van der Waals surface area contributed by atoms with Crippen LogP contribution < -0.4 is 0 Å². The van der Waals surface area contributed by atoms with Gasteiger partial charge >= 0.3 is 0 Å². The van der Waals surface area contributed by atoms with Crippen molar-refractivity contribution in [1.29, 1.82) is 5.26 Å². The summed E-state index contributed by atoms with van der Waals surface area (Å²) < 4.78 is 1.49. The SMILES string of the molecule is CC1(C)CCC2(C(=O)n3ccnc3C(=O)C3=CCC=C3)CCC3(C)C(C(=O)C=C4C5(C)C=C(C#N)C(=O)C(C)(C)C5CCC43C)C2C1. The molecule has 1 aromatic rings. The Hall–Kier alpha value is -3.66. The first kappa shape index (κ1) is 31.9. The molecular formula is C40H47N3O4. The van der Waals surface area contributed by atoms with Crippen LogP contribution in [0, 0.1) is 61.6 Å². The second kappa shape index (κ2) is 9.94. The highest BCUT2D eigenvalue weighted by molar-refractivity contribution is 6.11. The molecule has 0 aromatic carbocycles. The molecule has 0 amide bonds. The van der Waals surface area contributed by atoms with Gasteiger partial charge in [-0.3, -0.25) is 23.7 Å². The fourth-order valence-corrected chi connectivity index (χ4v) is 11.6. The van der Waals surface area contributed by atoms with E-state index in [2.05, 4.69) is 45.7 Å². The van der Waals surface area contributed by atoms with Gasteiger partial charge in [-0.25, -0.2) is 4.98 Å². The molecule has 0 aliphatic heterocycles. The number of hydrogen-bond donors (Lipinski definition) is 0. The standard InChI is InChI=1S/C40H47N3O4/c1-35(2)14-16-40(34(47)43-19-18-42-33(43)31(45)24-10-8-9-11-24)17-15-39(7)30(26(40)22-35)27(44)20-29-37(5)21-25(23-41)32(46)36(3,4)28(37)12-13-38(29,39)6/h8,10-11,18-21,26,28,30H,9,12-17,22H2,1-7H3. The summed E-state index contributed by atoms with van der Waals surface area (Å²) in [4.78, 5) is 61.1. The van der Waals surface area contributed by atoms with Crippen molar-refractivity contribution in [2.45, 2.75) is 99.8 Å². The first-order valence-electron chi connectivity index (χ1n) is 17.4. The number of hydrogen-bond acceptors (Lipinski definition) is 6. The molecule has 3 fully saturated rings. The summed E-state index contributed by atoms with van der Waals surface area (Å²) >= 11 is 0. The van der Waals surface area contributed by atoms with Gasteiger partial charge in [0, 0.05) is 34.7 Å². The molecule has 6 aliphatic carbocycles. The van der Waals surface area contributed by atoms with Gasteiger partial charge in [-0.1, -0.05) is 78.3 Å². The van der Waals surface area contributed by atoms with Gasteiger partial charge in [0.25, 0.3) is 0 Å². The molecule has 0 N–H and O–H groups in total. The molecule has 3 saturated carbocycles. The zero-order valence-electron chi connectivity index (χ0n) is 28.9. The molecule has 47 heavy (non-hydrogen) atoms. The van der Waals surface area contributed by atoms with Crippen LogP contribution in [0.2, 0.25) is 0 Å². The van der Waals surface area contributed by atoms with Gasteiger partial charge in [0.15, 0.2) is 17.4 Å². The van der Waals surface area contributed by atoms with Crippen molar-refractivity contribution in [3.63, 3.8) is 0 Å². The van der Waals surface area contributed by atoms with E-state index in [0.717, 1.165) is 31.3 Å². The van der Waals surface area contributed by atoms with E-state index in [0.29, 0.717) is 31.3 Å². The largest absolute Gasteiger partial charge is 0.295 e. The second-order valence-electron chi connectivity index (χ2n) is 17.5. The van der Waals surface area contributed by atoms with E-state index in [1.807, 2.05) is 38.2 Å². The van der Waals surface area contributed by atoms with E-state index in [1.54, 1.807) is 12.3 Å². The van der Waals surface area contributed by atoms with Crippen LogP contribution in [0.4, 0.5) is 0 Å². The van der Waals surface area contributed by atoms with Gasteiger partial charge in [0.2, 0.25) is 11.7 Å².